The number of carbonyl (C=O) groups excluding carboxylic acids is 1. The Hall–Kier alpha value is -0.570. The van der Waals surface area contributed by atoms with Crippen LogP contribution in [0.4, 0.5) is 0 Å². The van der Waals surface area contributed by atoms with Gasteiger partial charge in [-0.1, -0.05) is 41.5 Å². The summed E-state index contributed by atoms with van der Waals surface area (Å²) in [5.41, 5.74) is -0.00871. The van der Waals surface area contributed by atoms with Gasteiger partial charge in [0, 0.05) is 0 Å². The van der Waals surface area contributed by atoms with Crippen LogP contribution in [0.1, 0.15) is 54.4 Å². The SMILES string of the molecule is COC(=O)C1CC(C(C)(C)C)C(O)C(C(C)(C)C)C1. The molecule has 1 N–H and O–H groups in total. The van der Waals surface area contributed by atoms with Crippen molar-refractivity contribution in [3.05, 3.63) is 0 Å². The molecule has 3 nitrogen and oxygen atoms in total. The number of methoxy groups -OCH3 is 1. The van der Waals surface area contributed by atoms with Crippen LogP contribution in [0.3, 0.4) is 0 Å². The molecule has 0 amide bonds. The molecule has 0 aromatic rings. The van der Waals surface area contributed by atoms with E-state index in [2.05, 4.69) is 41.5 Å². The molecule has 0 radical (unpaired) electrons. The average Bonchev–Trinajstić information content (AvgIpc) is 2.25. The van der Waals surface area contributed by atoms with E-state index in [0.29, 0.717) is 0 Å². The van der Waals surface area contributed by atoms with Crippen LogP contribution in [0, 0.1) is 28.6 Å². The Morgan fingerprint density at radius 1 is 1.00 bits per heavy atom. The first-order valence-corrected chi connectivity index (χ1v) is 7.24. The van der Waals surface area contributed by atoms with Gasteiger partial charge in [0.25, 0.3) is 0 Å². The van der Waals surface area contributed by atoms with E-state index in [9.17, 15) is 9.90 Å². The quantitative estimate of drug-likeness (QED) is 0.744. The van der Waals surface area contributed by atoms with Gasteiger partial charge in [0.1, 0.15) is 0 Å². The lowest BCUT2D eigenvalue weighted by atomic mass is 9.58. The Bertz CT molecular complexity index is 298. The van der Waals surface area contributed by atoms with E-state index in [1.165, 1.54) is 7.11 Å². The summed E-state index contributed by atoms with van der Waals surface area (Å²) in [4.78, 5) is 11.9. The molecule has 1 aliphatic carbocycles. The van der Waals surface area contributed by atoms with Gasteiger partial charge in [0.2, 0.25) is 0 Å². The number of aliphatic hydroxyl groups is 1. The van der Waals surface area contributed by atoms with E-state index in [4.69, 9.17) is 4.74 Å². The molecule has 0 aliphatic heterocycles. The van der Waals surface area contributed by atoms with Gasteiger partial charge >= 0.3 is 5.97 Å². The molecular formula is C16H30O3. The molecule has 2 unspecified atom stereocenters. The molecule has 1 aliphatic rings. The molecule has 0 aromatic heterocycles. The van der Waals surface area contributed by atoms with E-state index in [1.807, 2.05) is 0 Å². The Labute approximate surface area is 117 Å². The van der Waals surface area contributed by atoms with Crippen LogP contribution in [-0.4, -0.2) is 24.3 Å². The second-order valence-corrected chi connectivity index (χ2v) is 8.13. The summed E-state index contributed by atoms with van der Waals surface area (Å²) in [6.07, 6.45) is 1.11. The highest BCUT2D eigenvalue weighted by Crippen LogP contribution is 2.48. The highest BCUT2D eigenvalue weighted by Gasteiger charge is 2.47. The Kier molecular flexibility index (Phi) is 4.71. The molecule has 0 bridgehead atoms. The normalized spacial score (nSPS) is 33.1. The molecule has 3 heteroatoms. The smallest absolute Gasteiger partial charge is 0.308 e. The van der Waals surface area contributed by atoms with Crippen molar-refractivity contribution < 1.29 is 14.6 Å². The summed E-state index contributed by atoms with van der Waals surface area (Å²) < 4.78 is 4.93. The maximum Gasteiger partial charge on any atom is 0.308 e. The third kappa shape index (κ3) is 3.71. The molecule has 0 spiro atoms. The molecule has 1 saturated carbocycles. The Morgan fingerprint density at radius 2 is 1.37 bits per heavy atom. The highest BCUT2D eigenvalue weighted by atomic mass is 16.5. The van der Waals surface area contributed by atoms with Crippen molar-refractivity contribution in [2.45, 2.75) is 60.5 Å². The third-order valence-corrected chi connectivity index (χ3v) is 4.66. The largest absolute Gasteiger partial charge is 0.469 e. The minimum absolute atomic E-state index is 0.00436. The van der Waals surface area contributed by atoms with Gasteiger partial charge in [-0.15, -0.1) is 0 Å². The molecule has 0 heterocycles. The Morgan fingerprint density at radius 3 is 1.63 bits per heavy atom. The van der Waals surface area contributed by atoms with Crippen molar-refractivity contribution in [3.8, 4) is 0 Å². The van der Waals surface area contributed by atoms with Gasteiger partial charge in [0.05, 0.1) is 19.1 Å². The van der Waals surface area contributed by atoms with Crippen LogP contribution >= 0.6 is 0 Å². The number of rotatable bonds is 1. The lowest BCUT2D eigenvalue weighted by Crippen LogP contribution is -2.49. The molecule has 1 rings (SSSR count). The fourth-order valence-corrected chi connectivity index (χ4v) is 3.36. The fraction of sp³-hybridized carbons (Fsp3) is 0.938. The predicted molar refractivity (Wildman–Crippen MR) is 76.6 cm³/mol. The van der Waals surface area contributed by atoms with Crippen molar-refractivity contribution in [2.24, 2.45) is 28.6 Å². The topological polar surface area (TPSA) is 46.5 Å². The molecule has 19 heavy (non-hydrogen) atoms. The van der Waals surface area contributed by atoms with Gasteiger partial charge < -0.3 is 9.84 Å². The number of hydrogen-bond donors (Lipinski definition) is 1. The molecule has 1 fully saturated rings. The summed E-state index contributed by atoms with van der Waals surface area (Å²) in [6, 6.07) is 0. The van der Waals surface area contributed by atoms with Gasteiger partial charge in [-0.2, -0.15) is 0 Å². The van der Waals surface area contributed by atoms with Gasteiger partial charge in [0.15, 0.2) is 0 Å². The first-order chi connectivity index (χ1) is 8.48. The monoisotopic (exact) mass is 270 g/mol. The average molecular weight is 270 g/mol. The van der Waals surface area contributed by atoms with E-state index < -0.39 is 0 Å². The lowest BCUT2D eigenvalue weighted by Gasteiger charge is -2.48. The minimum Gasteiger partial charge on any atom is -0.469 e. The fourth-order valence-electron chi connectivity index (χ4n) is 3.36. The third-order valence-electron chi connectivity index (χ3n) is 4.66. The zero-order valence-corrected chi connectivity index (χ0v) is 13.5. The van der Waals surface area contributed by atoms with Crippen LogP contribution in [0.25, 0.3) is 0 Å². The molecule has 0 aromatic carbocycles. The number of ether oxygens (including phenoxy) is 1. The van der Waals surface area contributed by atoms with E-state index in [-0.39, 0.29) is 40.7 Å². The highest BCUT2D eigenvalue weighted by molar-refractivity contribution is 5.72. The van der Waals surface area contributed by atoms with Crippen LogP contribution in [-0.2, 0) is 9.53 Å². The second kappa shape index (κ2) is 5.43. The van der Waals surface area contributed by atoms with E-state index >= 15 is 0 Å². The zero-order chi connectivity index (χ0) is 15.0. The predicted octanol–water partition coefficient (Wildman–Crippen LogP) is 3.25. The summed E-state index contributed by atoms with van der Waals surface area (Å²) in [5.74, 6) is 0.0569. The first kappa shape index (κ1) is 16.5. The van der Waals surface area contributed by atoms with Gasteiger partial charge in [-0.3, -0.25) is 4.79 Å². The summed E-state index contributed by atoms with van der Waals surface area (Å²) in [6.45, 7) is 12.8. The van der Waals surface area contributed by atoms with Crippen LogP contribution in [0.15, 0.2) is 0 Å². The molecule has 0 saturated heterocycles. The molecular weight excluding hydrogens is 240 g/mol. The van der Waals surface area contributed by atoms with E-state index in [0.717, 1.165) is 12.8 Å². The van der Waals surface area contributed by atoms with E-state index in [1.54, 1.807) is 0 Å². The van der Waals surface area contributed by atoms with Crippen LogP contribution in [0.2, 0.25) is 0 Å². The Balaban J connectivity index is 3.04. The summed E-state index contributed by atoms with van der Waals surface area (Å²) in [7, 11) is 1.45. The zero-order valence-electron chi connectivity index (χ0n) is 13.5. The lowest BCUT2D eigenvalue weighted by molar-refractivity contribution is -0.154. The van der Waals surface area contributed by atoms with Gasteiger partial charge in [-0.25, -0.2) is 0 Å². The first-order valence-electron chi connectivity index (χ1n) is 7.24. The molecule has 2 atom stereocenters. The maximum atomic E-state index is 11.9. The minimum atomic E-state index is -0.346. The van der Waals surface area contributed by atoms with Gasteiger partial charge in [-0.05, 0) is 35.5 Å². The van der Waals surface area contributed by atoms with Crippen molar-refractivity contribution >= 4 is 5.97 Å². The summed E-state index contributed by atoms with van der Waals surface area (Å²) in [5, 5.41) is 10.7. The maximum absolute atomic E-state index is 11.9. The van der Waals surface area contributed by atoms with Crippen molar-refractivity contribution in [1.82, 2.24) is 0 Å². The number of carbonyl (C=O) groups is 1. The number of esters is 1. The molecule has 112 valence electrons. The standard InChI is InChI=1S/C16H30O3/c1-15(2,3)11-8-10(14(18)19-7)9-12(13(11)17)16(4,5)6/h10-13,17H,8-9H2,1-7H3. The van der Waals surface area contributed by atoms with Crippen LogP contribution in [0.5, 0.6) is 0 Å². The number of aliphatic hydroxyl groups excluding tert-OH is 1. The van der Waals surface area contributed by atoms with Crippen molar-refractivity contribution in [1.29, 1.82) is 0 Å². The summed E-state index contributed by atoms with van der Waals surface area (Å²) >= 11 is 0. The number of hydrogen-bond acceptors (Lipinski definition) is 3. The second-order valence-electron chi connectivity index (χ2n) is 8.13. The van der Waals surface area contributed by atoms with Crippen molar-refractivity contribution in [3.63, 3.8) is 0 Å². The van der Waals surface area contributed by atoms with Crippen molar-refractivity contribution in [2.75, 3.05) is 7.11 Å². The van der Waals surface area contributed by atoms with Crippen LogP contribution < -0.4 is 0 Å².